The van der Waals surface area contributed by atoms with Crippen LogP contribution in [0.5, 0.6) is 0 Å². The van der Waals surface area contributed by atoms with Crippen LogP contribution in [0.1, 0.15) is 24.5 Å². The predicted molar refractivity (Wildman–Crippen MR) is 67.4 cm³/mol. The van der Waals surface area contributed by atoms with Gasteiger partial charge in [0.05, 0.1) is 12.1 Å². The van der Waals surface area contributed by atoms with Crippen molar-refractivity contribution < 1.29 is 0 Å². The molecule has 1 N–H and O–H groups in total. The molecule has 1 aromatic rings. The summed E-state index contributed by atoms with van der Waals surface area (Å²) < 4.78 is 0. The van der Waals surface area contributed by atoms with Crippen LogP contribution < -0.4 is 5.32 Å². The number of benzene rings is 1. The lowest BCUT2D eigenvalue weighted by Crippen LogP contribution is -2.23. The molecule has 16 heavy (non-hydrogen) atoms. The van der Waals surface area contributed by atoms with E-state index in [1.54, 1.807) is 0 Å². The molecular weight excluding hydrogens is 216 g/mol. The van der Waals surface area contributed by atoms with Crippen LogP contribution in [0.15, 0.2) is 23.1 Å². The van der Waals surface area contributed by atoms with Gasteiger partial charge in [-0.3, -0.25) is 5.32 Å². The third-order valence-corrected chi connectivity index (χ3v) is 3.98. The summed E-state index contributed by atoms with van der Waals surface area (Å²) in [7, 11) is 0. The second kappa shape index (κ2) is 5.38. The zero-order valence-corrected chi connectivity index (χ0v) is 10.3. The summed E-state index contributed by atoms with van der Waals surface area (Å²) >= 11 is 1.95. The van der Waals surface area contributed by atoms with E-state index in [1.165, 1.54) is 34.6 Å². The highest BCUT2D eigenvalue weighted by molar-refractivity contribution is 7.99. The summed E-state index contributed by atoms with van der Waals surface area (Å²) in [5, 5.41) is 11.9. The Bertz CT molecular complexity index is 409. The maximum atomic E-state index is 8.69. The van der Waals surface area contributed by atoms with Gasteiger partial charge in [0.2, 0.25) is 0 Å². The third-order valence-electron chi connectivity index (χ3n) is 2.78. The van der Waals surface area contributed by atoms with E-state index in [2.05, 4.69) is 29.6 Å². The van der Waals surface area contributed by atoms with Crippen LogP contribution in [-0.2, 0) is 13.0 Å². The number of nitriles is 1. The van der Waals surface area contributed by atoms with E-state index in [4.69, 9.17) is 5.26 Å². The molecule has 0 amide bonds. The van der Waals surface area contributed by atoms with Crippen LogP contribution in [0.3, 0.4) is 0 Å². The van der Waals surface area contributed by atoms with Crippen molar-refractivity contribution in [3.05, 3.63) is 29.3 Å². The van der Waals surface area contributed by atoms with Crippen molar-refractivity contribution in [3.8, 4) is 6.07 Å². The molecule has 2 rings (SSSR count). The Labute approximate surface area is 101 Å². The number of aryl methyl sites for hydroxylation is 1. The summed E-state index contributed by atoms with van der Waals surface area (Å²) in [6.45, 7) is 2.67. The van der Waals surface area contributed by atoms with Gasteiger partial charge in [0, 0.05) is 11.4 Å². The Hall–Kier alpha value is -0.980. The molecule has 1 heterocycles. The van der Waals surface area contributed by atoms with Gasteiger partial charge in [-0.1, -0.05) is 12.1 Å². The van der Waals surface area contributed by atoms with Crippen molar-refractivity contribution in [3.63, 3.8) is 0 Å². The Morgan fingerprint density at radius 1 is 1.56 bits per heavy atom. The molecule has 1 aliphatic rings. The number of hydrogen-bond donors (Lipinski definition) is 1. The summed E-state index contributed by atoms with van der Waals surface area (Å²) in [6.07, 6.45) is 2.48. The third kappa shape index (κ3) is 2.78. The van der Waals surface area contributed by atoms with E-state index in [-0.39, 0.29) is 6.04 Å². The molecule has 0 fully saturated rings. The van der Waals surface area contributed by atoms with E-state index >= 15 is 0 Å². The molecule has 1 aliphatic heterocycles. The molecule has 1 unspecified atom stereocenters. The van der Waals surface area contributed by atoms with Crippen LogP contribution in [0.2, 0.25) is 0 Å². The molecule has 0 aromatic heterocycles. The minimum Gasteiger partial charge on any atom is -0.298 e. The Kier molecular flexibility index (Phi) is 3.87. The van der Waals surface area contributed by atoms with Gasteiger partial charge in [-0.2, -0.15) is 5.26 Å². The van der Waals surface area contributed by atoms with Gasteiger partial charge in [-0.15, -0.1) is 11.8 Å². The number of nitrogens with zero attached hydrogens (tertiary/aromatic N) is 1. The van der Waals surface area contributed by atoms with Gasteiger partial charge in [-0.25, -0.2) is 0 Å². The molecule has 0 saturated carbocycles. The highest BCUT2D eigenvalue weighted by Gasteiger charge is 2.10. The second-order valence-corrected chi connectivity index (χ2v) is 5.26. The lowest BCUT2D eigenvalue weighted by Gasteiger charge is -2.16. The van der Waals surface area contributed by atoms with Crippen LogP contribution in [0.4, 0.5) is 0 Å². The zero-order valence-electron chi connectivity index (χ0n) is 9.49. The molecule has 2 nitrogen and oxygen atoms in total. The lowest BCUT2D eigenvalue weighted by atomic mass is 10.1. The van der Waals surface area contributed by atoms with Gasteiger partial charge in [-0.05, 0) is 42.7 Å². The quantitative estimate of drug-likeness (QED) is 0.870. The van der Waals surface area contributed by atoms with Crippen molar-refractivity contribution in [1.29, 1.82) is 5.26 Å². The fourth-order valence-electron chi connectivity index (χ4n) is 1.84. The Balaban J connectivity index is 2.03. The second-order valence-electron chi connectivity index (χ2n) is 4.13. The maximum Gasteiger partial charge on any atom is 0.0927 e. The van der Waals surface area contributed by atoms with Gasteiger partial charge in [0.1, 0.15) is 0 Å². The summed E-state index contributed by atoms with van der Waals surface area (Å²) in [5.41, 5.74) is 2.75. The largest absolute Gasteiger partial charge is 0.298 e. The van der Waals surface area contributed by atoms with Crippen LogP contribution >= 0.6 is 11.8 Å². The van der Waals surface area contributed by atoms with Crippen LogP contribution in [-0.4, -0.2) is 11.8 Å². The molecule has 1 atom stereocenters. The molecule has 0 saturated heterocycles. The molecule has 0 bridgehead atoms. The van der Waals surface area contributed by atoms with Crippen molar-refractivity contribution in [2.75, 3.05) is 5.75 Å². The summed E-state index contributed by atoms with van der Waals surface area (Å²) in [4.78, 5) is 1.43. The average molecular weight is 232 g/mol. The van der Waals surface area contributed by atoms with Crippen LogP contribution in [0, 0.1) is 11.3 Å². The molecule has 84 valence electrons. The number of thioether (sulfide) groups is 1. The number of hydrogen-bond acceptors (Lipinski definition) is 3. The molecule has 3 heteroatoms. The van der Waals surface area contributed by atoms with E-state index in [9.17, 15) is 0 Å². The standard InChI is InChI=1S/C13H16N2S/c1-10(8-14)15-9-11-4-5-13-12(7-11)3-2-6-16-13/h4-5,7,10,15H,2-3,6,9H2,1H3. The minimum atomic E-state index is -0.0783. The first kappa shape index (κ1) is 11.5. The number of rotatable bonds is 3. The fraction of sp³-hybridized carbons (Fsp3) is 0.462. The highest BCUT2D eigenvalue weighted by atomic mass is 32.2. The lowest BCUT2D eigenvalue weighted by molar-refractivity contribution is 0.641. The Morgan fingerprint density at radius 2 is 2.44 bits per heavy atom. The average Bonchev–Trinajstić information content (AvgIpc) is 2.35. The first-order valence-electron chi connectivity index (χ1n) is 5.67. The first-order chi connectivity index (χ1) is 7.79. The topological polar surface area (TPSA) is 35.8 Å². The maximum absolute atomic E-state index is 8.69. The van der Waals surface area contributed by atoms with Crippen LogP contribution in [0.25, 0.3) is 0 Å². The van der Waals surface area contributed by atoms with Crippen molar-refractivity contribution in [1.82, 2.24) is 5.32 Å². The molecule has 0 radical (unpaired) electrons. The molecule has 0 spiro atoms. The van der Waals surface area contributed by atoms with Crippen molar-refractivity contribution in [2.45, 2.75) is 37.2 Å². The minimum absolute atomic E-state index is 0.0783. The predicted octanol–water partition coefficient (Wildman–Crippen LogP) is 2.73. The zero-order chi connectivity index (χ0) is 11.4. The monoisotopic (exact) mass is 232 g/mol. The summed E-state index contributed by atoms with van der Waals surface area (Å²) in [6, 6.07) is 8.76. The first-order valence-corrected chi connectivity index (χ1v) is 6.66. The number of fused-ring (bicyclic) bond motifs is 1. The normalized spacial score (nSPS) is 16.2. The number of nitrogens with one attached hydrogen (secondary N) is 1. The van der Waals surface area contributed by atoms with E-state index in [0.717, 1.165) is 6.54 Å². The van der Waals surface area contributed by atoms with E-state index in [0.29, 0.717) is 0 Å². The van der Waals surface area contributed by atoms with E-state index in [1.807, 2.05) is 18.7 Å². The van der Waals surface area contributed by atoms with Gasteiger partial charge >= 0.3 is 0 Å². The molecule has 1 aromatic carbocycles. The van der Waals surface area contributed by atoms with Gasteiger partial charge in [0.25, 0.3) is 0 Å². The van der Waals surface area contributed by atoms with Gasteiger partial charge in [0.15, 0.2) is 0 Å². The van der Waals surface area contributed by atoms with Crippen molar-refractivity contribution in [2.24, 2.45) is 0 Å². The highest BCUT2D eigenvalue weighted by Crippen LogP contribution is 2.30. The SMILES string of the molecule is CC(C#N)NCc1ccc2c(c1)CCCS2. The Morgan fingerprint density at radius 3 is 3.25 bits per heavy atom. The summed E-state index contributed by atoms with van der Waals surface area (Å²) in [5.74, 6) is 1.25. The van der Waals surface area contributed by atoms with E-state index < -0.39 is 0 Å². The smallest absolute Gasteiger partial charge is 0.0927 e. The van der Waals surface area contributed by atoms with Gasteiger partial charge < -0.3 is 0 Å². The van der Waals surface area contributed by atoms with Crippen molar-refractivity contribution >= 4 is 11.8 Å². The fourth-order valence-corrected chi connectivity index (χ4v) is 2.86. The molecule has 0 aliphatic carbocycles. The molecular formula is C13H16N2S.